The summed E-state index contributed by atoms with van der Waals surface area (Å²) < 4.78 is 0.503. The molecule has 1 aliphatic rings. The highest BCUT2D eigenvalue weighted by Gasteiger charge is 2.29. The van der Waals surface area contributed by atoms with Gasteiger partial charge in [0.25, 0.3) is 5.69 Å². The Morgan fingerprint density at radius 3 is 2.86 bits per heavy atom. The molecule has 21 heavy (non-hydrogen) atoms. The number of likely N-dealkylation sites (tertiary alicyclic amines) is 1. The maximum absolute atomic E-state index is 11.4. The van der Waals surface area contributed by atoms with Gasteiger partial charge in [0, 0.05) is 25.2 Å². The van der Waals surface area contributed by atoms with E-state index in [9.17, 15) is 14.9 Å². The first-order chi connectivity index (χ1) is 9.90. The van der Waals surface area contributed by atoms with Gasteiger partial charge >= 0.3 is 0 Å². The van der Waals surface area contributed by atoms with Crippen LogP contribution < -0.4 is 5.73 Å². The van der Waals surface area contributed by atoms with Gasteiger partial charge in [-0.1, -0.05) is 12.1 Å². The smallest absolute Gasteiger partial charge is 0.283 e. The molecule has 1 aliphatic heterocycles. The lowest BCUT2D eigenvalue weighted by atomic mass is 9.92. The predicted molar refractivity (Wildman–Crippen MR) is 82.6 cm³/mol. The molecule has 0 aromatic heterocycles. The molecule has 1 saturated heterocycles. The van der Waals surface area contributed by atoms with Gasteiger partial charge in [-0.2, -0.15) is 0 Å². The molecule has 2 rings (SSSR count). The molecule has 1 fully saturated rings. The van der Waals surface area contributed by atoms with Crippen molar-refractivity contribution in [3.05, 3.63) is 38.3 Å². The molecule has 2 atom stereocenters. The van der Waals surface area contributed by atoms with E-state index in [1.54, 1.807) is 6.07 Å². The van der Waals surface area contributed by atoms with Crippen LogP contribution in [-0.2, 0) is 11.3 Å². The molecule has 1 aromatic carbocycles. The first kappa shape index (κ1) is 15.9. The van der Waals surface area contributed by atoms with Crippen molar-refractivity contribution in [3.63, 3.8) is 0 Å². The summed E-state index contributed by atoms with van der Waals surface area (Å²) in [7, 11) is 0. The van der Waals surface area contributed by atoms with E-state index in [0.717, 1.165) is 18.4 Å². The lowest BCUT2D eigenvalue weighted by Gasteiger charge is -2.37. The number of halogens is 1. The summed E-state index contributed by atoms with van der Waals surface area (Å²) >= 11 is 3.31. The van der Waals surface area contributed by atoms with Crippen LogP contribution in [0, 0.1) is 16.0 Å². The molecule has 7 heteroatoms. The van der Waals surface area contributed by atoms with E-state index in [1.165, 1.54) is 6.07 Å². The third-order valence-corrected chi connectivity index (χ3v) is 4.96. The van der Waals surface area contributed by atoms with Crippen LogP contribution in [0.1, 0.15) is 25.3 Å². The van der Waals surface area contributed by atoms with Gasteiger partial charge < -0.3 is 5.73 Å². The fourth-order valence-corrected chi connectivity index (χ4v) is 3.21. The fourth-order valence-electron chi connectivity index (χ4n) is 2.68. The van der Waals surface area contributed by atoms with E-state index < -0.39 is 4.92 Å². The van der Waals surface area contributed by atoms with E-state index in [-0.39, 0.29) is 17.5 Å². The van der Waals surface area contributed by atoms with E-state index in [1.807, 2.05) is 6.07 Å². The second kappa shape index (κ2) is 6.53. The Morgan fingerprint density at radius 1 is 1.52 bits per heavy atom. The largest absolute Gasteiger partial charge is 0.369 e. The van der Waals surface area contributed by atoms with E-state index in [4.69, 9.17) is 5.73 Å². The number of piperidine rings is 1. The molecule has 1 aromatic rings. The van der Waals surface area contributed by atoms with Crippen LogP contribution in [0.5, 0.6) is 0 Å². The van der Waals surface area contributed by atoms with Crippen LogP contribution in [0.3, 0.4) is 0 Å². The van der Waals surface area contributed by atoms with E-state index >= 15 is 0 Å². The molecular formula is C14H18BrN3O3. The van der Waals surface area contributed by atoms with Crippen molar-refractivity contribution < 1.29 is 9.72 Å². The molecule has 0 saturated carbocycles. The fraction of sp³-hybridized carbons (Fsp3) is 0.500. The lowest BCUT2D eigenvalue weighted by molar-refractivity contribution is -0.385. The van der Waals surface area contributed by atoms with Crippen molar-refractivity contribution >= 4 is 27.5 Å². The van der Waals surface area contributed by atoms with Crippen molar-refractivity contribution in [1.82, 2.24) is 4.90 Å². The Balaban J connectivity index is 2.18. The lowest BCUT2D eigenvalue weighted by Crippen LogP contribution is -2.45. The number of rotatable bonds is 4. The van der Waals surface area contributed by atoms with Gasteiger partial charge in [0.05, 0.1) is 15.3 Å². The number of nitro benzene ring substituents is 1. The summed E-state index contributed by atoms with van der Waals surface area (Å²) in [4.78, 5) is 24.1. The monoisotopic (exact) mass is 355 g/mol. The number of nitrogens with two attached hydrogens (primary N) is 1. The average molecular weight is 356 g/mol. The zero-order valence-electron chi connectivity index (χ0n) is 11.8. The number of amides is 1. The number of benzene rings is 1. The Kier molecular flexibility index (Phi) is 4.95. The summed E-state index contributed by atoms with van der Waals surface area (Å²) in [5.74, 6) is -0.413. The number of hydrogen-bond donors (Lipinski definition) is 1. The zero-order valence-corrected chi connectivity index (χ0v) is 13.4. The Morgan fingerprint density at radius 2 is 2.24 bits per heavy atom. The topological polar surface area (TPSA) is 89.5 Å². The van der Waals surface area contributed by atoms with Crippen LogP contribution >= 0.6 is 15.9 Å². The Hall–Kier alpha value is -1.47. The molecule has 6 nitrogen and oxygen atoms in total. The first-order valence-corrected chi connectivity index (χ1v) is 7.64. The highest BCUT2D eigenvalue weighted by Crippen LogP contribution is 2.31. The second-order valence-electron chi connectivity index (χ2n) is 5.46. The number of nitrogens with zero attached hydrogens (tertiary/aromatic N) is 2. The van der Waals surface area contributed by atoms with Gasteiger partial charge in [-0.15, -0.1) is 0 Å². The number of nitro groups is 1. The van der Waals surface area contributed by atoms with Gasteiger partial charge in [-0.3, -0.25) is 19.8 Å². The van der Waals surface area contributed by atoms with Crippen LogP contribution in [-0.4, -0.2) is 28.3 Å². The van der Waals surface area contributed by atoms with Crippen LogP contribution in [0.2, 0.25) is 0 Å². The third kappa shape index (κ3) is 3.59. The van der Waals surface area contributed by atoms with Gasteiger partial charge in [0.15, 0.2) is 0 Å². The highest BCUT2D eigenvalue weighted by atomic mass is 79.9. The average Bonchev–Trinajstić information content (AvgIpc) is 2.42. The number of primary amides is 1. The van der Waals surface area contributed by atoms with Crippen molar-refractivity contribution in [2.24, 2.45) is 11.7 Å². The second-order valence-corrected chi connectivity index (χ2v) is 6.26. The number of carbonyl (C=O) groups is 1. The highest BCUT2D eigenvalue weighted by molar-refractivity contribution is 9.10. The maximum atomic E-state index is 11.4. The third-order valence-electron chi connectivity index (χ3n) is 4.04. The van der Waals surface area contributed by atoms with Crippen LogP contribution in [0.15, 0.2) is 22.7 Å². The molecule has 1 heterocycles. The van der Waals surface area contributed by atoms with Gasteiger partial charge in [-0.25, -0.2) is 0 Å². The quantitative estimate of drug-likeness (QED) is 0.663. The van der Waals surface area contributed by atoms with Gasteiger partial charge in [-0.05, 0) is 41.3 Å². The Labute approximate surface area is 131 Å². The van der Waals surface area contributed by atoms with Gasteiger partial charge in [0.2, 0.25) is 5.91 Å². The minimum absolute atomic E-state index is 0.0589. The molecule has 0 spiro atoms. The summed E-state index contributed by atoms with van der Waals surface area (Å²) in [6.07, 6.45) is 1.71. The molecule has 2 unspecified atom stereocenters. The predicted octanol–water partition coefficient (Wildman–Crippen LogP) is 2.44. The van der Waals surface area contributed by atoms with Gasteiger partial charge in [0.1, 0.15) is 0 Å². The number of carbonyl (C=O) groups excluding carboxylic acids is 1. The van der Waals surface area contributed by atoms with Crippen molar-refractivity contribution in [2.75, 3.05) is 6.54 Å². The van der Waals surface area contributed by atoms with E-state index in [0.29, 0.717) is 23.6 Å². The summed E-state index contributed by atoms with van der Waals surface area (Å²) in [5, 5.41) is 11.0. The Bertz CT molecular complexity index is 564. The normalized spacial score (nSPS) is 23.0. The SMILES string of the molecule is CC1CCC(C(N)=O)CN1Cc1cccc([N+](=O)[O-])c1Br. The van der Waals surface area contributed by atoms with Crippen molar-refractivity contribution in [2.45, 2.75) is 32.4 Å². The van der Waals surface area contributed by atoms with Crippen LogP contribution in [0.4, 0.5) is 5.69 Å². The minimum Gasteiger partial charge on any atom is -0.369 e. The molecule has 114 valence electrons. The number of hydrogen-bond acceptors (Lipinski definition) is 4. The first-order valence-electron chi connectivity index (χ1n) is 6.85. The van der Waals surface area contributed by atoms with Crippen molar-refractivity contribution in [1.29, 1.82) is 0 Å². The van der Waals surface area contributed by atoms with Crippen LogP contribution in [0.25, 0.3) is 0 Å². The maximum Gasteiger partial charge on any atom is 0.283 e. The standard InChI is InChI=1S/C14H18BrN3O3/c1-9-5-6-11(14(16)19)8-17(9)7-10-3-2-4-12(13(10)15)18(20)21/h2-4,9,11H,5-8H2,1H3,(H2,16,19). The zero-order chi connectivity index (χ0) is 15.6. The molecule has 0 aliphatic carbocycles. The summed E-state index contributed by atoms with van der Waals surface area (Å²) in [6, 6.07) is 5.34. The minimum atomic E-state index is -0.403. The molecule has 0 radical (unpaired) electrons. The van der Waals surface area contributed by atoms with Crippen molar-refractivity contribution in [3.8, 4) is 0 Å². The molecule has 0 bridgehead atoms. The molecular weight excluding hydrogens is 338 g/mol. The molecule has 2 N–H and O–H groups in total. The molecule has 1 amide bonds. The summed E-state index contributed by atoms with van der Waals surface area (Å²) in [6.45, 7) is 3.27. The summed E-state index contributed by atoms with van der Waals surface area (Å²) in [5.41, 5.74) is 6.31. The van der Waals surface area contributed by atoms with E-state index in [2.05, 4.69) is 27.8 Å².